The number of carbonyl (C=O) groups is 1. The molecule has 3 rings (SSSR count). The van der Waals surface area contributed by atoms with Crippen molar-refractivity contribution >= 4 is 39.9 Å². The van der Waals surface area contributed by atoms with Gasteiger partial charge in [0.1, 0.15) is 10.9 Å². The first-order valence-corrected chi connectivity index (χ1v) is 8.83. The maximum Gasteiger partial charge on any atom is 0.269 e. The summed E-state index contributed by atoms with van der Waals surface area (Å²) in [5.74, 6) is 0.627. The van der Waals surface area contributed by atoms with Crippen LogP contribution in [0.4, 0.5) is 11.4 Å². The molecule has 1 amide bonds. The summed E-state index contributed by atoms with van der Waals surface area (Å²) in [6.07, 6.45) is 0. The molecule has 0 bridgehead atoms. The quantitative estimate of drug-likeness (QED) is 0.317. The number of nitrogens with zero attached hydrogens (tertiary/aromatic N) is 3. The number of nitro benzene ring substituents is 1. The summed E-state index contributed by atoms with van der Waals surface area (Å²) in [5.41, 5.74) is 2.04. The maximum atomic E-state index is 12.3. The van der Waals surface area contributed by atoms with E-state index in [0.717, 1.165) is 15.9 Å². The van der Waals surface area contributed by atoms with Crippen LogP contribution in [0, 0.1) is 24.0 Å². The second-order valence-corrected chi connectivity index (χ2v) is 6.65. The van der Waals surface area contributed by atoms with Gasteiger partial charge in [0.25, 0.3) is 5.69 Å². The number of aryl methyl sites for hydroxylation is 2. The van der Waals surface area contributed by atoms with Gasteiger partial charge < -0.3 is 5.32 Å². The molecular formula is C18H16N4O3S. The van der Waals surface area contributed by atoms with Crippen molar-refractivity contribution in [2.24, 2.45) is 0 Å². The van der Waals surface area contributed by atoms with E-state index >= 15 is 0 Å². The number of anilines is 1. The fourth-order valence-corrected chi connectivity index (χ4v) is 3.36. The van der Waals surface area contributed by atoms with Gasteiger partial charge in [-0.3, -0.25) is 14.9 Å². The number of carbonyl (C=O) groups excluding carboxylic acids is 1. The SMILES string of the molecule is Cc1nc(SCC(=O)Nc2ccc([N+](=O)[O-])cc2C)c2ccccc2n1. The number of amides is 1. The lowest BCUT2D eigenvalue weighted by atomic mass is 10.2. The van der Waals surface area contributed by atoms with Crippen molar-refractivity contribution in [3.8, 4) is 0 Å². The monoisotopic (exact) mass is 368 g/mol. The minimum absolute atomic E-state index is 0.00203. The molecule has 1 N–H and O–H groups in total. The highest BCUT2D eigenvalue weighted by Crippen LogP contribution is 2.26. The number of hydrogen-bond acceptors (Lipinski definition) is 6. The molecule has 0 unspecified atom stereocenters. The summed E-state index contributed by atoms with van der Waals surface area (Å²) >= 11 is 1.33. The number of para-hydroxylation sites is 1. The lowest BCUT2D eigenvalue weighted by Crippen LogP contribution is -2.15. The molecule has 2 aromatic carbocycles. The Balaban J connectivity index is 1.71. The van der Waals surface area contributed by atoms with Crippen molar-refractivity contribution in [2.75, 3.05) is 11.1 Å². The van der Waals surface area contributed by atoms with E-state index in [4.69, 9.17) is 0 Å². The van der Waals surface area contributed by atoms with Gasteiger partial charge in [0.2, 0.25) is 5.91 Å². The van der Waals surface area contributed by atoms with E-state index < -0.39 is 4.92 Å². The van der Waals surface area contributed by atoms with Crippen molar-refractivity contribution < 1.29 is 9.72 Å². The molecular weight excluding hydrogens is 352 g/mol. The predicted octanol–water partition coefficient (Wildman–Crippen LogP) is 3.89. The van der Waals surface area contributed by atoms with Crippen LogP contribution < -0.4 is 5.32 Å². The van der Waals surface area contributed by atoms with E-state index in [1.807, 2.05) is 31.2 Å². The number of nitro groups is 1. The molecule has 0 atom stereocenters. The molecule has 7 nitrogen and oxygen atoms in total. The van der Waals surface area contributed by atoms with Crippen molar-refractivity contribution in [2.45, 2.75) is 18.9 Å². The second kappa shape index (κ2) is 7.49. The van der Waals surface area contributed by atoms with Crippen LogP contribution in [0.15, 0.2) is 47.5 Å². The molecule has 0 spiro atoms. The number of non-ortho nitro benzene ring substituents is 1. The third-order valence-corrected chi connectivity index (χ3v) is 4.71. The summed E-state index contributed by atoms with van der Waals surface area (Å²) in [6, 6.07) is 12.0. The molecule has 0 aliphatic carbocycles. The molecule has 8 heteroatoms. The summed E-state index contributed by atoms with van der Waals surface area (Å²) in [4.78, 5) is 31.4. The molecule has 132 valence electrons. The number of thioether (sulfide) groups is 1. The van der Waals surface area contributed by atoms with E-state index in [0.29, 0.717) is 17.1 Å². The minimum atomic E-state index is -0.461. The molecule has 0 radical (unpaired) electrons. The van der Waals surface area contributed by atoms with Gasteiger partial charge >= 0.3 is 0 Å². The van der Waals surface area contributed by atoms with E-state index in [1.54, 1.807) is 13.0 Å². The van der Waals surface area contributed by atoms with Crippen LogP contribution in [0.25, 0.3) is 10.9 Å². The van der Waals surface area contributed by atoms with E-state index in [-0.39, 0.29) is 17.3 Å². The molecule has 1 aromatic heterocycles. The largest absolute Gasteiger partial charge is 0.325 e. The van der Waals surface area contributed by atoms with Gasteiger partial charge in [0, 0.05) is 23.2 Å². The highest BCUT2D eigenvalue weighted by molar-refractivity contribution is 8.00. The molecule has 0 fully saturated rings. The van der Waals surface area contributed by atoms with E-state index in [1.165, 1.54) is 23.9 Å². The van der Waals surface area contributed by atoms with Crippen LogP contribution in [-0.2, 0) is 4.79 Å². The van der Waals surface area contributed by atoms with Gasteiger partial charge in [-0.2, -0.15) is 0 Å². The van der Waals surface area contributed by atoms with Crippen LogP contribution >= 0.6 is 11.8 Å². The van der Waals surface area contributed by atoms with Gasteiger partial charge in [-0.15, -0.1) is 0 Å². The lowest BCUT2D eigenvalue weighted by Gasteiger charge is -2.09. The van der Waals surface area contributed by atoms with Crippen LogP contribution in [0.5, 0.6) is 0 Å². The van der Waals surface area contributed by atoms with Crippen LogP contribution in [0.1, 0.15) is 11.4 Å². The summed E-state index contributed by atoms with van der Waals surface area (Å²) in [5, 5.41) is 15.2. The molecule has 1 heterocycles. The molecule has 3 aromatic rings. The number of hydrogen-bond donors (Lipinski definition) is 1. The third-order valence-electron chi connectivity index (χ3n) is 3.71. The van der Waals surface area contributed by atoms with Gasteiger partial charge in [0.15, 0.2) is 0 Å². The fraction of sp³-hybridized carbons (Fsp3) is 0.167. The highest BCUT2D eigenvalue weighted by atomic mass is 32.2. The number of nitrogens with one attached hydrogen (secondary N) is 1. The van der Waals surface area contributed by atoms with Crippen LogP contribution in [-0.4, -0.2) is 26.6 Å². The number of aromatic nitrogens is 2. The average Bonchev–Trinajstić information content (AvgIpc) is 2.61. The normalized spacial score (nSPS) is 10.7. The summed E-state index contributed by atoms with van der Waals surface area (Å²) in [7, 11) is 0. The highest BCUT2D eigenvalue weighted by Gasteiger charge is 2.12. The first-order valence-electron chi connectivity index (χ1n) is 7.85. The molecule has 0 saturated carbocycles. The summed E-state index contributed by atoms with van der Waals surface area (Å²) in [6.45, 7) is 3.54. The molecule has 0 aliphatic heterocycles. The van der Waals surface area contributed by atoms with Crippen LogP contribution in [0.3, 0.4) is 0 Å². The van der Waals surface area contributed by atoms with Gasteiger partial charge in [0.05, 0.1) is 16.2 Å². The number of benzene rings is 2. The zero-order chi connectivity index (χ0) is 18.7. The molecule has 0 saturated heterocycles. The van der Waals surface area contributed by atoms with E-state index in [2.05, 4.69) is 15.3 Å². The van der Waals surface area contributed by atoms with Crippen molar-refractivity contribution in [1.82, 2.24) is 9.97 Å². The Morgan fingerprint density at radius 1 is 1.19 bits per heavy atom. The van der Waals surface area contributed by atoms with Gasteiger partial charge in [-0.05, 0) is 31.5 Å². The Labute approximate surface area is 154 Å². The van der Waals surface area contributed by atoms with Crippen molar-refractivity contribution in [1.29, 1.82) is 0 Å². The second-order valence-electron chi connectivity index (χ2n) is 5.69. The Morgan fingerprint density at radius 3 is 2.69 bits per heavy atom. The summed E-state index contributed by atoms with van der Waals surface area (Å²) < 4.78 is 0. The first kappa shape index (κ1) is 17.8. The Hall–Kier alpha value is -3.00. The molecule has 26 heavy (non-hydrogen) atoms. The standard InChI is InChI=1S/C18H16N4O3S/c1-11-9-13(22(24)25)7-8-15(11)21-17(23)10-26-18-14-5-3-4-6-16(14)19-12(2)20-18/h3-9H,10H2,1-2H3,(H,21,23). The van der Waals surface area contributed by atoms with Gasteiger partial charge in [-0.1, -0.05) is 30.0 Å². The Morgan fingerprint density at radius 2 is 1.96 bits per heavy atom. The first-order chi connectivity index (χ1) is 12.4. The Kier molecular flexibility index (Phi) is 5.13. The minimum Gasteiger partial charge on any atom is -0.325 e. The smallest absolute Gasteiger partial charge is 0.269 e. The zero-order valence-electron chi connectivity index (χ0n) is 14.2. The lowest BCUT2D eigenvalue weighted by molar-refractivity contribution is -0.384. The number of rotatable bonds is 5. The predicted molar refractivity (Wildman–Crippen MR) is 101 cm³/mol. The van der Waals surface area contributed by atoms with Crippen molar-refractivity contribution in [3.63, 3.8) is 0 Å². The van der Waals surface area contributed by atoms with Crippen LogP contribution in [0.2, 0.25) is 0 Å². The zero-order valence-corrected chi connectivity index (χ0v) is 15.0. The fourth-order valence-electron chi connectivity index (χ4n) is 2.49. The van der Waals surface area contributed by atoms with E-state index in [9.17, 15) is 14.9 Å². The van der Waals surface area contributed by atoms with Gasteiger partial charge in [-0.25, -0.2) is 9.97 Å². The van der Waals surface area contributed by atoms with Crippen molar-refractivity contribution in [3.05, 3.63) is 64.0 Å². The average molecular weight is 368 g/mol. The molecule has 0 aliphatic rings. The number of fused-ring (bicyclic) bond motifs is 1. The topological polar surface area (TPSA) is 98.0 Å². The third kappa shape index (κ3) is 3.97. The maximum absolute atomic E-state index is 12.3. The Bertz CT molecular complexity index is 1010.